The number of rotatable bonds is 10. The lowest BCUT2D eigenvalue weighted by Gasteiger charge is -2.26. The van der Waals surface area contributed by atoms with Gasteiger partial charge in [0.2, 0.25) is 0 Å². The summed E-state index contributed by atoms with van der Waals surface area (Å²) in [5.74, 6) is 0. The minimum Gasteiger partial charge on any atom is -0.399 e. The summed E-state index contributed by atoms with van der Waals surface area (Å²) in [6.45, 7) is 8.57. The summed E-state index contributed by atoms with van der Waals surface area (Å²) in [6.07, 6.45) is 1.04. The van der Waals surface area contributed by atoms with Crippen molar-refractivity contribution in [3.8, 4) is 0 Å². The molecule has 114 valence electrons. The van der Waals surface area contributed by atoms with Crippen LogP contribution in [-0.4, -0.2) is 44.4 Å². The van der Waals surface area contributed by atoms with Gasteiger partial charge in [0.1, 0.15) is 0 Å². The Hall–Kier alpha value is -1.10. The van der Waals surface area contributed by atoms with Gasteiger partial charge in [0.25, 0.3) is 0 Å². The van der Waals surface area contributed by atoms with Crippen LogP contribution in [0.3, 0.4) is 0 Å². The average molecular weight is 280 g/mol. The third-order valence-corrected chi connectivity index (χ3v) is 3.26. The normalized spacial score (nSPS) is 11.4. The summed E-state index contributed by atoms with van der Waals surface area (Å²) >= 11 is 0. The van der Waals surface area contributed by atoms with Crippen molar-refractivity contribution in [2.45, 2.75) is 32.9 Å². The number of anilines is 1. The van der Waals surface area contributed by atoms with E-state index >= 15 is 0 Å². The Balaban J connectivity index is 2.31. The molecule has 0 bridgehead atoms. The Kier molecular flexibility index (Phi) is 8.26. The highest BCUT2D eigenvalue weighted by molar-refractivity contribution is 5.39. The van der Waals surface area contributed by atoms with E-state index in [0.29, 0.717) is 19.3 Å². The fraction of sp³-hybridized carbons (Fsp3) is 0.625. The second kappa shape index (κ2) is 9.75. The van der Waals surface area contributed by atoms with Crippen LogP contribution < -0.4 is 5.73 Å². The van der Waals surface area contributed by atoms with Crippen LogP contribution in [0.2, 0.25) is 0 Å². The monoisotopic (exact) mass is 280 g/mol. The Bertz CT molecular complexity index is 352. The number of benzene rings is 1. The number of ether oxygens (including phenoxy) is 2. The van der Waals surface area contributed by atoms with Crippen LogP contribution in [-0.2, 0) is 16.0 Å². The van der Waals surface area contributed by atoms with Gasteiger partial charge in [-0.1, -0.05) is 12.1 Å². The largest absolute Gasteiger partial charge is 0.399 e. The second-order valence-corrected chi connectivity index (χ2v) is 5.26. The molecule has 1 aromatic carbocycles. The minimum absolute atomic E-state index is 0.520. The number of methoxy groups -OCH3 is 1. The molecule has 1 aromatic rings. The zero-order valence-corrected chi connectivity index (χ0v) is 13.0. The first-order valence-corrected chi connectivity index (χ1v) is 7.28. The fourth-order valence-corrected chi connectivity index (χ4v) is 1.99. The summed E-state index contributed by atoms with van der Waals surface area (Å²) < 4.78 is 10.5. The highest BCUT2D eigenvalue weighted by Crippen LogP contribution is 2.11. The maximum atomic E-state index is 5.72. The van der Waals surface area contributed by atoms with Crippen molar-refractivity contribution in [2.24, 2.45) is 0 Å². The van der Waals surface area contributed by atoms with E-state index in [0.717, 1.165) is 31.8 Å². The number of nitrogens with two attached hydrogens (primary N) is 1. The Morgan fingerprint density at radius 1 is 1.10 bits per heavy atom. The van der Waals surface area contributed by atoms with E-state index in [1.54, 1.807) is 7.11 Å². The van der Waals surface area contributed by atoms with Gasteiger partial charge in [-0.15, -0.1) is 0 Å². The van der Waals surface area contributed by atoms with Gasteiger partial charge in [0.15, 0.2) is 0 Å². The van der Waals surface area contributed by atoms with Crippen molar-refractivity contribution in [1.82, 2.24) is 4.90 Å². The molecule has 0 spiro atoms. The molecule has 1 rings (SSSR count). The molecule has 0 amide bonds. The number of nitrogens with zero attached hydrogens (tertiary/aromatic N) is 1. The molecular formula is C16H28N2O2. The predicted octanol–water partition coefficient (Wildman–Crippen LogP) is 2.53. The lowest BCUT2D eigenvalue weighted by molar-refractivity contribution is 0.0630. The van der Waals surface area contributed by atoms with Crippen molar-refractivity contribution in [2.75, 3.05) is 39.2 Å². The molecule has 0 saturated heterocycles. The first-order chi connectivity index (χ1) is 9.63. The standard InChI is InChI=1S/C16H28N2O2/c1-14(2)18(9-4-10-20-12-11-19-3)13-15-5-7-16(17)8-6-15/h5-8,14H,4,9-13,17H2,1-3H3. The summed E-state index contributed by atoms with van der Waals surface area (Å²) in [5.41, 5.74) is 7.83. The number of nitrogen functional groups attached to an aromatic ring is 1. The van der Waals surface area contributed by atoms with E-state index in [1.807, 2.05) is 12.1 Å². The molecule has 0 saturated carbocycles. The van der Waals surface area contributed by atoms with Crippen molar-refractivity contribution < 1.29 is 9.47 Å². The van der Waals surface area contributed by atoms with Gasteiger partial charge in [0, 0.05) is 38.5 Å². The van der Waals surface area contributed by atoms with Gasteiger partial charge in [-0.3, -0.25) is 4.90 Å². The number of hydrogen-bond acceptors (Lipinski definition) is 4. The molecule has 0 fully saturated rings. The number of hydrogen-bond donors (Lipinski definition) is 1. The van der Waals surface area contributed by atoms with Crippen molar-refractivity contribution in [3.63, 3.8) is 0 Å². The van der Waals surface area contributed by atoms with E-state index in [1.165, 1.54) is 5.56 Å². The maximum absolute atomic E-state index is 5.72. The van der Waals surface area contributed by atoms with Crippen molar-refractivity contribution >= 4 is 5.69 Å². The Labute approximate surface area is 122 Å². The first-order valence-electron chi connectivity index (χ1n) is 7.28. The molecule has 4 nitrogen and oxygen atoms in total. The molecule has 0 heterocycles. The maximum Gasteiger partial charge on any atom is 0.0700 e. The zero-order valence-electron chi connectivity index (χ0n) is 13.0. The SMILES string of the molecule is COCCOCCCN(Cc1ccc(N)cc1)C(C)C. The van der Waals surface area contributed by atoms with Crippen molar-refractivity contribution in [1.29, 1.82) is 0 Å². The quantitative estimate of drug-likeness (QED) is 0.528. The molecule has 0 aromatic heterocycles. The lowest BCUT2D eigenvalue weighted by Crippen LogP contribution is -2.32. The van der Waals surface area contributed by atoms with Gasteiger partial charge in [-0.25, -0.2) is 0 Å². The summed E-state index contributed by atoms with van der Waals surface area (Å²) in [4.78, 5) is 2.45. The van der Waals surface area contributed by atoms with Crippen LogP contribution in [0, 0.1) is 0 Å². The third kappa shape index (κ3) is 6.89. The van der Waals surface area contributed by atoms with Crippen LogP contribution >= 0.6 is 0 Å². The predicted molar refractivity (Wildman–Crippen MR) is 83.7 cm³/mol. The summed E-state index contributed by atoms with van der Waals surface area (Å²) in [5, 5.41) is 0. The minimum atomic E-state index is 0.520. The molecule has 2 N–H and O–H groups in total. The van der Waals surface area contributed by atoms with E-state index < -0.39 is 0 Å². The van der Waals surface area contributed by atoms with Gasteiger partial charge >= 0.3 is 0 Å². The second-order valence-electron chi connectivity index (χ2n) is 5.26. The topological polar surface area (TPSA) is 47.7 Å². The highest BCUT2D eigenvalue weighted by Gasteiger charge is 2.09. The molecule has 0 atom stereocenters. The summed E-state index contributed by atoms with van der Waals surface area (Å²) in [6, 6.07) is 8.63. The molecule has 0 aliphatic rings. The zero-order chi connectivity index (χ0) is 14.8. The van der Waals surface area contributed by atoms with Crippen molar-refractivity contribution in [3.05, 3.63) is 29.8 Å². The molecule has 4 heteroatoms. The first kappa shape index (κ1) is 17.0. The van der Waals surface area contributed by atoms with E-state index in [2.05, 4.69) is 30.9 Å². The molecule has 0 aliphatic carbocycles. The Morgan fingerprint density at radius 2 is 1.80 bits per heavy atom. The van der Waals surface area contributed by atoms with E-state index in [-0.39, 0.29) is 0 Å². The van der Waals surface area contributed by atoms with Gasteiger partial charge < -0.3 is 15.2 Å². The van der Waals surface area contributed by atoms with Crippen LogP contribution in [0.4, 0.5) is 5.69 Å². The van der Waals surface area contributed by atoms with Crippen LogP contribution in [0.5, 0.6) is 0 Å². The molecule has 0 aliphatic heterocycles. The lowest BCUT2D eigenvalue weighted by atomic mass is 10.1. The smallest absolute Gasteiger partial charge is 0.0700 e. The molecule has 0 unspecified atom stereocenters. The van der Waals surface area contributed by atoms with Gasteiger partial charge in [-0.05, 0) is 38.0 Å². The van der Waals surface area contributed by atoms with Crippen LogP contribution in [0.25, 0.3) is 0 Å². The van der Waals surface area contributed by atoms with Gasteiger partial charge in [-0.2, -0.15) is 0 Å². The van der Waals surface area contributed by atoms with Crippen LogP contribution in [0.1, 0.15) is 25.8 Å². The highest BCUT2D eigenvalue weighted by atomic mass is 16.5. The fourth-order valence-electron chi connectivity index (χ4n) is 1.99. The molecule has 20 heavy (non-hydrogen) atoms. The van der Waals surface area contributed by atoms with E-state index in [4.69, 9.17) is 15.2 Å². The summed E-state index contributed by atoms with van der Waals surface area (Å²) in [7, 11) is 1.69. The van der Waals surface area contributed by atoms with E-state index in [9.17, 15) is 0 Å². The van der Waals surface area contributed by atoms with Gasteiger partial charge in [0.05, 0.1) is 13.2 Å². The molecule has 0 radical (unpaired) electrons. The Morgan fingerprint density at radius 3 is 2.40 bits per heavy atom. The average Bonchev–Trinajstić information content (AvgIpc) is 2.43. The molecular weight excluding hydrogens is 252 g/mol. The van der Waals surface area contributed by atoms with Crippen LogP contribution in [0.15, 0.2) is 24.3 Å². The third-order valence-electron chi connectivity index (χ3n) is 3.26.